The summed E-state index contributed by atoms with van der Waals surface area (Å²) < 4.78 is 0. The van der Waals surface area contributed by atoms with Crippen molar-refractivity contribution in [3.8, 4) is 0 Å². The lowest BCUT2D eigenvalue weighted by atomic mass is 10.1. The third-order valence-corrected chi connectivity index (χ3v) is 3.14. The molecule has 0 aliphatic carbocycles. The molecule has 0 atom stereocenters. The second-order valence-corrected chi connectivity index (χ2v) is 4.75. The molecular formula is C15H22N2O3. The van der Waals surface area contributed by atoms with Crippen molar-refractivity contribution < 1.29 is 14.7 Å². The minimum Gasteiger partial charge on any atom is -0.481 e. The van der Waals surface area contributed by atoms with Crippen LogP contribution in [-0.2, 0) is 4.79 Å². The van der Waals surface area contributed by atoms with E-state index in [2.05, 4.69) is 6.92 Å². The van der Waals surface area contributed by atoms with Crippen molar-refractivity contribution in [2.45, 2.75) is 32.6 Å². The third-order valence-electron chi connectivity index (χ3n) is 3.14. The quantitative estimate of drug-likeness (QED) is 0.679. The summed E-state index contributed by atoms with van der Waals surface area (Å²) in [6.45, 7) is 3.41. The monoisotopic (exact) mass is 278 g/mol. The highest BCUT2D eigenvalue weighted by Crippen LogP contribution is 2.16. The normalized spacial score (nSPS) is 10.2. The van der Waals surface area contributed by atoms with Crippen LogP contribution < -0.4 is 10.6 Å². The number of carboxylic acid groups (broad SMARTS) is 1. The van der Waals surface area contributed by atoms with Gasteiger partial charge >= 0.3 is 5.97 Å². The zero-order chi connectivity index (χ0) is 15.0. The lowest BCUT2D eigenvalue weighted by Gasteiger charge is -2.24. The minimum atomic E-state index is -0.806. The molecule has 0 radical (unpaired) electrons. The number of primary amides is 1. The lowest BCUT2D eigenvalue weighted by Crippen LogP contribution is -2.27. The number of aliphatic carboxylic acids is 1. The first kappa shape index (κ1) is 16.0. The highest BCUT2D eigenvalue weighted by atomic mass is 16.4. The summed E-state index contributed by atoms with van der Waals surface area (Å²) in [5, 5.41) is 8.81. The first-order valence-electron chi connectivity index (χ1n) is 6.91. The number of hydrogen-bond acceptors (Lipinski definition) is 3. The number of carboxylic acids is 1. The van der Waals surface area contributed by atoms with Gasteiger partial charge < -0.3 is 15.7 Å². The summed E-state index contributed by atoms with van der Waals surface area (Å²) in [4.78, 5) is 23.8. The zero-order valence-corrected chi connectivity index (χ0v) is 11.8. The molecule has 0 aliphatic heterocycles. The molecule has 0 heterocycles. The third kappa shape index (κ3) is 5.30. The van der Waals surface area contributed by atoms with E-state index in [0.29, 0.717) is 12.1 Å². The van der Waals surface area contributed by atoms with Crippen molar-refractivity contribution in [1.82, 2.24) is 0 Å². The van der Waals surface area contributed by atoms with Crippen LogP contribution in [0.3, 0.4) is 0 Å². The van der Waals surface area contributed by atoms with Gasteiger partial charge in [-0.2, -0.15) is 0 Å². The predicted molar refractivity (Wildman–Crippen MR) is 79.0 cm³/mol. The fourth-order valence-corrected chi connectivity index (χ4v) is 1.99. The van der Waals surface area contributed by atoms with Gasteiger partial charge in [-0.15, -0.1) is 0 Å². The number of anilines is 1. The van der Waals surface area contributed by atoms with Crippen LogP contribution in [0.15, 0.2) is 24.3 Å². The number of carbonyl (C=O) groups is 2. The SMILES string of the molecule is CCCCCN(CCC(=O)O)c1ccc(C(N)=O)cc1. The second kappa shape index (κ2) is 8.19. The Kier molecular flexibility index (Phi) is 6.56. The fraction of sp³-hybridized carbons (Fsp3) is 0.467. The molecule has 110 valence electrons. The minimum absolute atomic E-state index is 0.101. The van der Waals surface area contributed by atoms with Gasteiger partial charge in [0, 0.05) is 24.3 Å². The van der Waals surface area contributed by atoms with Crippen LogP contribution in [0.2, 0.25) is 0 Å². The van der Waals surface area contributed by atoms with Crippen LogP contribution in [0.1, 0.15) is 43.0 Å². The molecule has 5 heteroatoms. The van der Waals surface area contributed by atoms with Gasteiger partial charge in [-0.25, -0.2) is 0 Å². The zero-order valence-electron chi connectivity index (χ0n) is 11.8. The maximum Gasteiger partial charge on any atom is 0.305 e. The second-order valence-electron chi connectivity index (χ2n) is 4.75. The standard InChI is InChI=1S/C15H22N2O3/c1-2-3-4-10-17(11-9-14(18)19)13-7-5-12(6-8-13)15(16)20/h5-8H,2-4,9-11H2,1H3,(H2,16,20)(H,18,19). The van der Waals surface area contributed by atoms with Crippen LogP contribution in [0.4, 0.5) is 5.69 Å². The van der Waals surface area contributed by atoms with E-state index in [9.17, 15) is 9.59 Å². The number of hydrogen-bond donors (Lipinski definition) is 2. The molecule has 0 bridgehead atoms. The number of amides is 1. The van der Waals surface area contributed by atoms with Gasteiger partial charge in [-0.3, -0.25) is 9.59 Å². The predicted octanol–water partition coefficient (Wildman–Crippen LogP) is 2.26. The smallest absolute Gasteiger partial charge is 0.305 e. The molecule has 0 aromatic heterocycles. The van der Waals surface area contributed by atoms with Gasteiger partial charge in [0.15, 0.2) is 0 Å². The Hall–Kier alpha value is -2.04. The van der Waals surface area contributed by atoms with E-state index in [0.717, 1.165) is 31.5 Å². The first-order chi connectivity index (χ1) is 9.54. The van der Waals surface area contributed by atoms with E-state index in [-0.39, 0.29) is 6.42 Å². The largest absolute Gasteiger partial charge is 0.481 e. The fourth-order valence-electron chi connectivity index (χ4n) is 1.99. The summed E-state index contributed by atoms with van der Waals surface area (Å²) in [5.41, 5.74) is 6.59. The summed E-state index contributed by atoms with van der Waals surface area (Å²) in [6.07, 6.45) is 3.35. The van der Waals surface area contributed by atoms with Gasteiger partial charge in [0.1, 0.15) is 0 Å². The number of unbranched alkanes of at least 4 members (excludes halogenated alkanes) is 2. The maximum atomic E-state index is 11.0. The Morgan fingerprint density at radius 3 is 2.30 bits per heavy atom. The van der Waals surface area contributed by atoms with E-state index in [1.165, 1.54) is 0 Å². The number of carbonyl (C=O) groups excluding carboxylic acids is 1. The molecule has 1 aromatic carbocycles. The van der Waals surface area contributed by atoms with Gasteiger partial charge in [-0.05, 0) is 30.7 Å². The summed E-state index contributed by atoms with van der Waals surface area (Å²) in [7, 11) is 0. The highest BCUT2D eigenvalue weighted by molar-refractivity contribution is 5.93. The molecule has 0 unspecified atom stereocenters. The van der Waals surface area contributed by atoms with Crippen molar-refractivity contribution in [3.05, 3.63) is 29.8 Å². The van der Waals surface area contributed by atoms with E-state index in [1.807, 2.05) is 17.0 Å². The van der Waals surface area contributed by atoms with Gasteiger partial charge in [0.2, 0.25) is 5.91 Å². The molecular weight excluding hydrogens is 256 g/mol. The summed E-state index contributed by atoms with van der Waals surface area (Å²) >= 11 is 0. The molecule has 0 saturated heterocycles. The molecule has 1 aromatic rings. The van der Waals surface area contributed by atoms with Crippen LogP contribution >= 0.6 is 0 Å². The van der Waals surface area contributed by atoms with Crippen LogP contribution in [0.5, 0.6) is 0 Å². The van der Waals surface area contributed by atoms with E-state index < -0.39 is 11.9 Å². The Balaban J connectivity index is 2.73. The molecule has 0 spiro atoms. The van der Waals surface area contributed by atoms with E-state index >= 15 is 0 Å². The molecule has 0 fully saturated rings. The highest BCUT2D eigenvalue weighted by Gasteiger charge is 2.09. The number of nitrogens with zero attached hydrogens (tertiary/aromatic N) is 1. The van der Waals surface area contributed by atoms with Crippen molar-refractivity contribution in [2.24, 2.45) is 5.73 Å². The van der Waals surface area contributed by atoms with Crippen molar-refractivity contribution >= 4 is 17.6 Å². The van der Waals surface area contributed by atoms with E-state index in [4.69, 9.17) is 10.8 Å². The number of rotatable bonds is 9. The number of benzene rings is 1. The summed E-state index contributed by atoms with van der Waals surface area (Å²) in [6, 6.07) is 6.97. The maximum absolute atomic E-state index is 11.0. The molecule has 5 nitrogen and oxygen atoms in total. The van der Waals surface area contributed by atoms with E-state index in [1.54, 1.807) is 12.1 Å². The van der Waals surface area contributed by atoms with Crippen LogP contribution in [0, 0.1) is 0 Å². The first-order valence-corrected chi connectivity index (χ1v) is 6.91. The van der Waals surface area contributed by atoms with Gasteiger partial charge in [0.25, 0.3) is 0 Å². The molecule has 1 rings (SSSR count). The van der Waals surface area contributed by atoms with Crippen LogP contribution in [-0.4, -0.2) is 30.1 Å². The molecule has 20 heavy (non-hydrogen) atoms. The molecule has 1 amide bonds. The summed E-state index contributed by atoms with van der Waals surface area (Å²) in [5.74, 6) is -1.26. The Morgan fingerprint density at radius 1 is 1.15 bits per heavy atom. The van der Waals surface area contributed by atoms with Crippen molar-refractivity contribution in [2.75, 3.05) is 18.0 Å². The molecule has 3 N–H and O–H groups in total. The van der Waals surface area contributed by atoms with Gasteiger partial charge in [-0.1, -0.05) is 19.8 Å². The lowest BCUT2D eigenvalue weighted by molar-refractivity contribution is -0.136. The van der Waals surface area contributed by atoms with Crippen molar-refractivity contribution in [3.63, 3.8) is 0 Å². The Labute approximate surface area is 119 Å². The van der Waals surface area contributed by atoms with Gasteiger partial charge in [0.05, 0.1) is 6.42 Å². The van der Waals surface area contributed by atoms with Crippen molar-refractivity contribution in [1.29, 1.82) is 0 Å². The molecule has 0 saturated carbocycles. The Morgan fingerprint density at radius 2 is 1.80 bits per heavy atom. The molecule has 0 aliphatic rings. The average molecular weight is 278 g/mol. The Bertz CT molecular complexity index is 443. The van der Waals surface area contributed by atoms with Crippen LogP contribution in [0.25, 0.3) is 0 Å². The number of nitrogens with two attached hydrogens (primary N) is 1. The average Bonchev–Trinajstić information content (AvgIpc) is 2.42. The topological polar surface area (TPSA) is 83.6 Å².